The summed E-state index contributed by atoms with van der Waals surface area (Å²) in [6.45, 7) is 0.807. The molecule has 1 aromatic rings. The van der Waals surface area contributed by atoms with Crippen molar-refractivity contribution in [3.8, 4) is 0 Å². The van der Waals surface area contributed by atoms with Gasteiger partial charge in [0.25, 0.3) is 5.69 Å². The van der Waals surface area contributed by atoms with Crippen molar-refractivity contribution in [1.82, 2.24) is 0 Å². The minimum absolute atomic E-state index is 0.0514. The molecule has 1 unspecified atom stereocenters. The van der Waals surface area contributed by atoms with Crippen molar-refractivity contribution in [2.75, 3.05) is 6.61 Å². The first-order chi connectivity index (χ1) is 9.15. The number of ether oxygens (including phenoxy) is 1. The molecule has 1 saturated heterocycles. The predicted molar refractivity (Wildman–Crippen MR) is 70.0 cm³/mol. The van der Waals surface area contributed by atoms with E-state index in [0.717, 1.165) is 31.4 Å². The third kappa shape index (κ3) is 4.13. The summed E-state index contributed by atoms with van der Waals surface area (Å²) >= 11 is 0. The Bertz CT molecular complexity index is 449. The summed E-state index contributed by atoms with van der Waals surface area (Å²) in [5.41, 5.74) is 0.874. The molecule has 0 aliphatic carbocycles. The van der Waals surface area contributed by atoms with Gasteiger partial charge in [-0.2, -0.15) is 0 Å². The molecule has 0 saturated carbocycles. The summed E-state index contributed by atoms with van der Waals surface area (Å²) < 4.78 is 5.47. The number of hydrogen-bond acceptors (Lipinski definition) is 4. The van der Waals surface area contributed by atoms with Crippen LogP contribution in [-0.2, 0) is 16.0 Å². The summed E-state index contributed by atoms with van der Waals surface area (Å²) in [7, 11) is 0. The monoisotopic (exact) mass is 263 g/mol. The number of rotatable bonds is 6. The molecule has 1 fully saturated rings. The fourth-order valence-electron chi connectivity index (χ4n) is 2.25. The average Bonchev–Trinajstić information content (AvgIpc) is 2.90. The van der Waals surface area contributed by atoms with Crippen LogP contribution in [0.5, 0.6) is 0 Å². The largest absolute Gasteiger partial charge is 0.378 e. The average molecular weight is 263 g/mol. The SMILES string of the molecule is O=C(CCC1CCCO1)Cc1ccc([N+](=O)[O-])cc1. The van der Waals surface area contributed by atoms with Crippen LogP contribution in [0.15, 0.2) is 24.3 Å². The predicted octanol–water partition coefficient (Wildman–Crippen LogP) is 2.67. The smallest absolute Gasteiger partial charge is 0.269 e. The normalized spacial score (nSPS) is 18.4. The Labute approximate surface area is 111 Å². The van der Waals surface area contributed by atoms with Crippen molar-refractivity contribution in [2.45, 2.75) is 38.2 Å². The van der Waals surface area contributed by atoms with Crippen LogP contribution in [0.1, 0.15) is 31.2 Å². The maximum atomic E-state index is 11.8. The summed E-state index contributed by atoms with van der Waals surface area (Å²) in [4.78, 5) is 21.9. The van der Waals surface area contributed by atoms with Crippen LogP contribution >= 0.6 is 0 Å². The van der Waals surface area contributed by atoms with E-state index in [1.54, 1.807) is 12.1 Å². The second-order valence-electron chi connectivity index (χ2n) is 4.81. The Morgan fingerprint density at radius 3 is 2.68 bits per heavy atom. The highest BCUT2D eigenvalue weighted by Gasteiger charge is 2.16. The van der Waals surface area contributed by atoms with Gasteiger partial charge in [-0.15, -0.1) is 0 Å². The Morgan fingerprint density at radius 2 is 2.11 bits per heavy atom. The highest BCUT2D eigenvalue weighted by molar-refractivity contribution is 5.80. The molecule has 0 N–H and O–H groups in total. The van der Waals surface area contributed by atoms with Crippen molar-refractivity contribution in [2.24, 2.45) is 0 Å². The molecule has 1 heterocycles. The highest BCUT2D eigenvalue weighted by atomic mass is 16.6. The van der Waals surface area contributed by atoms with Gasteiger partial charge in [-0.1, -0.05) is 12.1 Å². The van der Waals surface area contributed by atoms with Crippen molar-refractivity contribution in [3.63, 3.8) is 0 Å². The van der Waals surface area contributed by atoms with Crippen LogP contribution in [0.25, 0.3) is 0 Å². The van der Waals surface area contributed by atoms with Crippen LogP contribution in [-0.4, -0.2) is 23.4 Å². The number of nitrogens with zero attached hydrogens (tertiary/aromatic N) is 1. The molecule has 0 amide bonds. The summed E-state index contributed by atoms with van der Waals surface area (Å²) in [6.07, 6.45) is 4.00. The van der Waals surface area contributed by atoms with Gasteiger partial charge in [0.2, 0.25) is 0 Å². The number of ketones is 1. The lowest BCUT2D eigenvalue weighted by Gasteiger charge is -2.08. The number of carbonyl (C=O) groups excluding carboxylic acids is 1. The van der Waals surface area contributed by atoms with E-state index in [4.69, 9.17) is 4.74 Å². The van der Waals surface area contributed by atoms with Crippen LogP contribution in [0, 0.1) is 10.1 Å². The lowest BCUT2D eigenvalue weighted by molar-refractivity contribution is -0.384. The third-order valence-corrected chi connectivity index (χ3v) is 3.32. The molecule has 0 bridgehead atoms. The summed E-state index contributed by atoms with van der Waals surface area (Å²) in [6, 6.07) is 6.15. The Balaban J connectivity index is 1.79. The highest BCUT2D eigenvalue weighted by Crippen LogP contribution is 2.18. The van der Waals surface area contributed by atoms with Gasteiger partial charge in [-0.3, -0.25) is 14.9 Å². The second-order valence-corrected chi connectivity index (χ2v) is 4.81. The number of carbonyl (C=O) groups is 1. The van der Waals surface area contributed by atoms with E-state index < -0.39 is 4.92 Å². The molecule has 0 radical (unpaired) electrons. The summed E-state index contributed by atoms with van der Waals surface area (Å²) in [5.74, 6) is 0.157. The molecule has 1 aromatic carbocycles. The molecule has 1 aliphatic heterocycles. The van der Waals surface area contributed by atoms with Gasteiger partial charge < -0.3 is 4.74 Å². The maximum absolute atomic E-state index is 11.8. The number of nitro groups is 1. The van der Waals surface area contributed by atoms with Gasteiger partial charge in [0, 0.05) is 31.6 Å². The number of Topliss-reactive ketones (excluding diaryl/α,β-unsaturated/α-hetero) is 1. The zero-order valence-corrected chi connectivity index (χ0v) is 10.7. The van der Waals surface area contributed by atoms with Gasteiger partial charge in [0.05, 0.1) is 11.0 Å². The first-order valence-electron chi connectivity index (χ1n) is 6.52. The Kier molecular flexibility index (Phi) is 4.63. The fraction of sp³-hybridized carbons (Fsp3) is 0.500. The van der Waals surface area contributed by atoms with E-state index in [1.165, 1.54) is 12.1 Å². The molecule has 2 rings (SSSR count). The van der Waals surface area contributed by atoms with Gasteiger partial charge >= 0.3 is 0 Å². The first kappa shape index (κ1) is 13.7. The van der Waals surface area contributed by atoms with E-state index in [9.17, 15) is 14.9 Å². The number of hydrogen-bond donors (Lipinski definition) is 0. The lowest BCUT2D eigenvalue weighted by atomic mass is 10.0. The van der Waals surface area contributed by atoms with Gasteiger partial charge in [0.15, 0.2) is 0 Å². The van der Waals surface area contributed by atoms with Crippen LogP contribution in [0.3, 0.4) is 0 Å². The Hall–Kier alpha value is -1.75. The zero-order valence-electron chi connectivity index (χ0n) is 10.7. The quantitative estimate of drug-likeness (QED) is 0.584. The molecule has 102 valence electrons. The molecule has 5 nitrogen and oxygen atoms in total. The van der Waals surface area contributed by atoms with E-state index in [1.807, 2.05) is 0 Å². The minimum Gasteiger partial charge on any atom is -0.378 e. The molecular weight excluding hydrogens is 246 g/mol. The zero-order chi connectivity index (χ0) is 13.7. The minimum atomic E-state index is -0.441. The summed E-state index contributed by atoms with van der Waals surface area (Å²) in [5, 5.41) is 10.5. The number of benzene rings is 1. The van der Waals surface area contributed by atoms with E-state index in [0.29, 0.717) is 12.8 Å². The van der Waals surface area contributed by atoms with Gasteiger partial charge in [-0.05, 0) is 24.8 Å². The second kappa shape index (κ2) is 6.43. The van der Waals surface area contributed by atoms with Crippen LogP contribution in [0.4, 0.5) is 5.69 Å². The van der Waals surface area contributed by atoms with Crippen LogP contribution < -0.4 is 0 Å². The van der Waals surface area contributed by atoms with Gasteiger partial charge in [-0.25, -0.2) is 0 Å². The lowest BCUT2D eigenvalue weighted by Crippen LogP contribution is -2.10. The first-order valence-corrected chi connectivity index (χ1v) is 6.52. The van der Waals surface area contributed by atoms with Crippen molar-refractivity contribution >= 4 is 11.5 Å². The molecule has 1 atom stereocenters. The van der Waals surface area contributed by atoms with E-state index in [2.05, 4.69) is 0 Å². The standard InChI is InChI=1S/C14H17NO4/c16-13(7-8-14-2-1-9-19-14)10-11-3-5-12(6-4-11)15(17)18/h3-6,14H,1-2,7-10H2. The van der Waals surface area contributed by atoms with Crippen LogP contribution in [0.2, 0.25) is 0 Å². The molecule has 1 aliphatic rings. The fourth-order valence-corrected chi connectivity index (χ4v) is 2.25. The molecular formula is C14H17NO4. The van der Waals surface area contributed by atoms with Gasteiger partial charge in [0.1, 0.15) is 5.78 Å². The number of nitro benzene ring substituents is 1. The topological polar surface area (TPSA) is 69.4 Å². The molecule has 0 aromatic heterocycles. The Morgan fingerprint density at radius 1 is 1.37 bits per heavy atom. The third-order valence-electron chi connectivity index (χ3n) is 3.32. The van der Waals surface area contributed by atoms with Crippen molar-refractivity contribution < 1.29 is 14.5 Å². The van der Waals surface area contributed by atoms with Crippen molar-refractivity contribution in [3.05, 3.63) is 39.9 Å². The van der Waals surface area contributed by atoms with Crippen molar-refractivity contribution in [1.29, 1.82) is 0 Å². The molecule has 0 spiro atoms. The molecule has 19 heavy (non-hydrogen) atoms. The number of non-ortho nitro benzene ring substituents is 1. The van der Waals surface area contributed by atoms with E-state index in [-0.39, 0.29) is 17.6 Å². The van der Waals surface area contributed by atoms with E-state index >= 15 is 0 Å². The molecule has 5 heteroatoms. The maximum Gasteiger partial charge on any atom is 0.269 e.